The van der Waals surface area contributed by atoms with Crippen LogP contribution in [0.4, 0.5) is 21.6 Å². The van der Waals surface area contributed by atoms with E-state index in [2.05, 4.69) is 20.3 Å². The van der Waals surface area contributed by atoms with Crippen LogP contribution in [0.1, 0.15) is 5.69 Å². The summed E-state index contributed by atoms with van der Waals surface area (Å²) >= 11 is 6.34. The van der Waals surface area contributed by atoms with Crippen LogP contribution >= 0.6 is 11.6 Å². The van der Waals surface area contributed by atoms with E-state index in [4.69, 9.17) is 22.1 Å². The van der Waals surface area contributed by atoms with Gasteiger partial charge in [-0.3, -0.25) is 4.98 Å². The Kier molecular flexibility index (Phi) is 4.90. The SMILES string of the molecule is Nc1cc2c(Nc3ccc(OCc4ccccn4)c(Cl)c3)ncnc2cc1F. The Morgan fingerprint density at radius 3 is 2.75 bits per heavy atom. The fraction of sp³-hybridized carbons (Fsp3) is 0.0500. The van der Waals surface area contributed by atoms with Crippen LogP contribution in [0.5, 0.6) is 5.75 Å². The van der Waals surface area contributed by atoms with Crippen molar-refractivity contribution >= 4 is 39.7 Å². The third-order valence-corrected chi connectivity index (χ3v) is 4.35. The van der Waals surface area contributed by atoms with Crippen LogP contribution in [0.2, 0.25) is 5.02 Å². The highest BCUT2D eigenvalue weighted by Gasteiger charge is 2.10. The summed E-state index contributed by atoms with van der Waals surface area (Å²) in [6.07, 6.45) is 3.06. The number of nitrogens with two attached hydrogens (primary N) is 1. The molecule has 28 heavy (non-hydrogen) atoms. The van der Waals surface area contributed by atoms with E-state index < -0.39 is 5.82 Å². The smallest absolute Gasteiger partial charge is 0.148 e. The van der Waals surface area contributed by atoms with Crippen LogP contribution in [0.15, 0.2) is 61.1 Å². The van der Waals surface area contributed by atoms with E-state index in [1.165, 1.54) is 18.5 Å². The van der Waals surface area contributed by atoms with Crippen molar-refractivity contribution in [3.05, 3.63) is 77.6 Å². The molecule has 4 rings (SSSR count). The second kappa shape index (κ2) is 7.66. The fourth-order valence-electron chi connectivity index (χ4n) is 2.66. The van der Waals surface area contributed by atoms with Crippen LogP contribution in [0.3, 0.4) is 0 Å². The van der Waals surface area contributed by atoms with Gasteiger partial charge in [0.15, 0.2) is 0 Å². The molecule has 0 atom stereocenters. The highest BCUT2D eigenvalue weighted by atomic mass is 35.5. The Labute approximate surface area is 165 Å². The summed E-state index contributed by atoms with van der Waals surface area (Å²) in [5, 5.41) is 4.19. The molecule has 0 amide bonds. The number of fused-ring (bicyclic) bond motifs is 1. The van der Waals surface area contributed by atoms with E-state index in [0.29, 0.717) is 39.8 Å². The van der Waals surface area contributed by atoms with Crippen LogP contribution in [0.25, 0.3) is 10.9 Å². The summed E-state index contributed by atoms with van der Waals surface area (Å²) in [6.45, 7) is 0.314. The molecular weight excluding hydrogens is 381 g/mol. The van der Waals surface area contributed by atoms with Crippen molar-refractivity contribution in [2.75, 3.05) is 11.1 Å². The number of nitrogen functional groups attached to an aromatic ring is 1. The lowest BCUT2D eigenvalue weighted by Gasteiger charge is -2.12. The fourth-order valence-corrected chi connectivity index (χ4v) is 2.90. The predicted octanol–water partition coefficient (Wildman–Crippen LogP) is 4.72. The molecular formula is C20H15ClFN5O. The van der Waals surface area contributed by atoms with Gasteiger partial charge in [0.25, 0.3) is 0 Å². The summed E-state index contributed by atoms with van der Waals surface area (Å²) in [4.78, 5) is 12.5. The number of benzene rings is 2. The largest absolute Gasteiger partial charge is 0.486 e. The molecule has 0 bridgehead atoms. The first-order valence-corrected chi connectivity index (χ1v) is 8.77. The number of anilines is 3. The number of nitrogens with zero attached hydrogens (tertiary/aromatic N) is 3. The van der Waals surface area contributed by atoms with E-state index in [-0.39, 0.29) is 5.69 Å². The summed E-state index contributed by atoms with van der Waals surface area (Å²) in [6, 6.07) is 13.7. The number of pyridine rings is 1. The molecule has 0 saturated heterocycles. The molecule has 0 fully saturated rings. The summed E-state index contributed by atoms with van der Waals surface area (Å²) in [7, 11) is 0. The Morgan fingerprint density at radius 1 is 1.07 bits per heavy atom. The maximum atomic E-state index is 13.7. The van der Waals surface area contributed by atoms with Gasteiger partial charge in [-0.05, 0) is 36.4 Å². The monoisotopic (exact) mass is 395 g/mol. The van der Waals surface area contributed by atoms with Crippen LogP contribution < -0.4 is 15.8 Å². The molecule has 3 N–H and O–H groups in total. The maximum Gasteiger partial charge on any atom is 0.148 e. The number of aromatic nitrogens is 3. The zero-order valence-corrected chi connectivity index (χ0v) is 15.3. The zero-order chi connectivity index (χ0) is 19.5. The molecule has 0 aliphatic carbocycles. The Hall–Kier alpha value is -3.45. The van der Waals surface area contributed by atoms with Gasteiger partial charge in [0.2, 0.25) is 0 Å². The minimum Gasteiger partial charge on any atom is -0.486 e. The Bertz CT molecular complexity index is 1140. The van der Waals surface area contributed by atoms with Crippen molar-refractivity contribution in [2.24, 2.45) is 0 Å². The minimum absolute atomic E-state index is 0.0293. The van der Waals surface area contributed by atoms with Gasteiger partial charge in [-0.15, -0.1) is 0 Å². The standard InChI is InChI=1S/C20H15ClFN5O/c21-15-7-12(4-5-19(15)28-10-13-3-1-2-6-24-13)27-20-14-8-17(23)16(22)9-18(14)25-11-26-20/h1-9,11H,10,23H2,(H,25,26,27). The molecule has 2 aromatic carbocycles. The highest BCUT2D eigenvalue weighted by Crippen LogP contribution is 2.31. The van der Waals surface area contributed by atoms with Gasteiger partial charge in [0.05, 0.1) is 21.9 Å². The van der Waals surface area contributed by atoms with Crippen LogP contribution in [0, 0.1) is 5.82 Å². The van der Waals surface area contributed by atoms with E-state index >= 15 is 0 Å². The quantitative estimate of drug-likeness (QED) is 0.475. The average molecular weight is 396 g/mol. The third kappa shape index (κ3) is 3.79. The molecule has 4 aromatic rings. The molecule has 0 radical (unpaired) electrons. The molecule has 0 saturated carbocycles. The van der Waals surface area contributed by atoms with Crippen LogP contribution in [-0.4, -0.2) is 15.0 Å². The highest BCUT2D eigenvalue weighted by molar-refractivity contribution is 6.32. The second-order valence-electron chi connectivity index (χ2n) is 5.99. The molecule has 2 aromatic heterocycles. The van der Waals surface area contributed by atoms with E-state index in [0.717, 1.165) is 5.69 Å². The number of halogens is 2. The summed E-state index contributed by atoms with van der Waals surface area (Å²) in [5.74, 6) is 0.515. The topological polar surface area (TPSA) is 86.0 Å². The van der Waals surface area contributed by atoms with Gasteiger partial charge in [-0.25, -0.2) is 14.4 Å². The molecule has 0 aliphatic rings. The van der Waals surface area contributed by atoms with Gasteiger partial charge >= 0.3 is 0 Å². The van der Waals surface area contributed by atoms with Gasteiger partial charge < -0.3 is 15.8 Å². The van der Waals surface area contributed by atoms with Crippen molar-refractivity contribution in [3.63, 3.8) is 0 Å². The number of hydrogen-bond acceptors (Lipinski definition) is 6. The summed E-state index contributed by atoms with van der Waals surface area (Å²) in [5.41, 5.74) is 7.65. The lowest BCUT2D eigenvalue weighted by molar-refractivity contribution is 0.301. The normalized spacial score (nSPS) is 10.8. The van der Waals surface area contributed by atoms with Gasteiger partial charge in [-0.1, -0.05) is 17.7 Å². The van der Waals surface area contributed by atoms with Crippen molar-refractivity contribution in [3.8, 4) is 5.75 Å². The van der Waals surface area contributed by atoms with E-state index in [9.17, 15) is 4.39 Å². The number of ether oxygens (including phenoxy) is 1. The molecule has 0 spiro atoms. The minimum atomic E-state index is -0.519. The summed E-state index contributed by atoms with van der Waals surface area (Å²) < 4.78 is 19.4. The van der Waals surface area contributed by atoms with E-state index in [1.54, 1.807) is 24.4 Å². The van der Waals surface area contributed by atoms with Crippen molar-refractivity contribution in [2.45, 2.75) is 6.61 Å². The number of hydrogen-bond donors (Lipinski definition) is 2. The number of nitrogens with one attached hydrogen (secondary N) is 1. The van der Waals surface area contributed by atoms with E-state index in [1.807, 2.05) is 18.2 Å². The molecule has 6 nitrogen and oxygen atoms in total. The molecule has 2 heterocycles. The maximum absolute atomic E-state index is 13.7. The van der Waals surface area contributed by atoms with Gasteiger partial charge in [-0.2, -0.15) is 0 Å². The third-order valence-electron chi connectivity index (χ3n) is 4.05. The first-order valence-electron chi connectivity index (χ1n) is 8.39. The predicted molar refractivity (Wildman–Crippen MR) is 107 cm³/mol. The molecule has 0 unspecified atom stereocenters. The first kappa shape index (κ1) is 17.9. The van der Waals surface area contributed by atoms with Crippen molar-refractivity contribution < 1.29 is 9.13 Å². The molecule has 140 valence electrons. The van der Waals surface area contributed by atoms with Crippen molar-refractivity contribution in [1.82, 2.24) is 15.0 Å². The Balaban J connectivity index is 1.55. The Morgan fingerprint density at radius 2 is 1.96 bits per heavy atom. The number of rotatable bonds is 5. The zero-order valence-electron chi connectivity index (χ0n) is 14.6. The van der Waals surface area contributed by atoms with Crippen molar-refractivity contribution in [1.29, 1.82) is 0 Å². The average Bonchev–Trinajstić information content (AvgIpc) is 2.70. The van der Waals surface area contributed by atoms with Gasteiger partial charge in [0.1, 0.15) is 30.3 Å². The molecule has 0 aliphatic heterocycles. The molecule has 8 heteroatoms. The lowest BCUT2D eigenvalue weighted by atomic mass is 10.2. The second-order valence-corrected chi connectivity index (χ2v) is 6.40. The first-order chi connectivity index (χ1) is 13.6. The van der Waals surface area contributed by atoms with Crippen LogP contribution in [-0.2, 0) is 6.61 Å². The van der Waals surface area contributed by atoms with Gasteiger partial charge in [0, 0.05) is 23.3 Å². The lowest BCUT2D eigenvalue weighted by Crippen LogP contribution is -2.00.